The van der Waals surface area contributed by atoms with Gasteiger partial charge in [-0.05, 0) is 30.2 Å². The molecule has 1 atom stereocenters. The van der Waals surface area contributed by atoms with Crippen LogP contribution in [0.1, 0.15) is 32.4 Å². The molecule has 0 aliphatic rings. The van der Waals surface area contributed by atoms with Gasteiger partial charge < -0.3 is 10.1 Å². The molecule has 84 valence electrons. The van der Waals surface area contributed by atoms with Crippen molar-refractivity contribution in [2.75, 3.05) is 13.7 Å². The zero-order chi connectivity index (χ0) is 11.3. The average molecular weight is 207 g/mol. The van der Waals surface area contributed by atoms with Crippen molar-refractivity contribution in [1.29, 1.82) is 0 Å². The number of benzene rings is 1. The first-order valence-corrected chi connectivity index (χ1v) is 5.56. The van der Waals surface area contributed by atoms with Crippen LogP contribution in [0, 0.1) is 5.92 Å². The van der Waals surface area contributed by atoms with Gasteiger partial charge in [-0.25, -0.2) is 0 Å². The lowest BCUT2D eigenvalue weighted by Crippen LogP contribution is -2.25. The molecule has 15 heavy (non-hydrogen) atoms. The van der Waals surface area contributed by atoms with E-state index in [0.29, 0.717) is 12.0 Å². The summed E-state index contributed by atoms with van der Waals surface area (Å²) in [6.07, 6.45) is 0. The van der Waals surface area contributed by atoms with Gasteiger partial charge in [-0.3, -0.25) is 0 Å². The third-order valence-electron chi connectivity index (χ3n) is 2.57. The third-order valence-corrected chi connectivity index (χ3v) is 2.57. The Hall–Kier alpha value is -1.02. The Balaban J connectivity index is 2.81. The van der Waals surface area contributed by atoms with Crippen molar-refractivity contribution < 1.29 is 4.74 Å². The van der Waals surface area contributed by atoms with E-state index < -0.39 is 0 Å². The average Bonchev–Trinajstić information content (AvgIpc) is 2.26. The van der Waals surface area contributed by atoms with Crippen LogP contribution in [0.25, 0.3) is 0 Å². The molecule has 2 nitrogen and oxygen atoms in total. The molecule has 1 rings (SSSR count). The van der Waals surface area contributed by atoms with Gasteiger partial charge in [0.25, 0.3) is 0 Å². The Labute approximate surface area is 92.6 Å². The van der Waals surface area contributed by atoms with Gasteiger partial charge in [-0.2, -0.15) is 0 Å². The number of rotatable bonds is 5. The number of methoxy groups -OCH3 is 1. The minimum absolute atomic E-state index is 0.431. The summed E-state index contributed by atoms with van der Waals surface area (Å²) in [5.41, 5.74) is 1.33. The zero-order valence-corrected chi connectivity index (χ0v) is 10.1. The second kappa shape index (κ2) is 5.76. The lowest BCUT2D eigenvalue weighted by atomic mass is 9.96. The van der Waals surface area contributed by atoms with Crippen molar-refractivity contribution in [3.05, 3.63) is 29.8 Å². The van der Waals surface area contributed by atoms with E-state index in [1.807, 2.05) is 12.1 Å². The first-order valence-electron chi connectivity index (χ1n) is 5.56. The summed E-state index contributed by atoms with van der Waals surface area (Å²) in [5, 5.41) is 3.49. The number of ether oxygens (including phenoxy) is 1. The highest BCUT2D eigenvalue weighted by Gasteiger charge is 2.13. The molecule has 0 bridgehead atoms. The van der Waals surface area contributed by atoms with E-state index in [1.165, 1.54) is 5.56 Å². The van der Waals surface area contributed by atoms with Crippen LogP contribution < -0.4 is 10.1 Å². The monoisotopic (exact) mass is 207 g/mol. The van der Waals surface area contributed by atoms with Crippen LogP contribution in [0.5, 0.6) is 5.75 Å². The normalized spacial score (nSPS) is 12.9. The maximum atomic E-state index is 5.15. The second-order valence-electron chi connectivity index (χ2n) is 4.05. The summed E-state index contributed by atoms with van der Waals surface area (Å²) in [6.45, 7) is 7.60. The van der Waals surface area contributed by atoms with Crippen LogP contribution in [-0.4, -0.2) is 13.7 Å². The van der Waals surface area contributed by atoms with Crippen molar-refractivity contribution in [2.24, 2.45) is 5.92 Å². The van der Waals surface area contributed by atoms with Crippen LogP contribution in [0.2, 0.25) is 0 Å². The molecule has 0 aliphatic carbocycles. The molecule has 1 aromatic rings. The molecule has 0 heterocycles. The molecule has 1 unspecified atom stereocenters. The summed E-state index contributed by atoms with van der Waals surface area (Å²) in [6, 6.07) is 8.73. The highest BCUT2D eigenvalue weighted by atomic mass is 16.5. The molecule has 1 aromatic carbocycles. The maximum Gasteiger partial charge on any atom is 0.118 e. The highest BCUT2D eigenvalue weighted by Crippen LogP contribution is 2.23. The van der Waals surface area contributed by atoms with Crippen LogP contribution in [0.4, 0.5) is 0 Å². The van der Waals surface area contributed by atoms with Crippen molar-refractivity contribution in [3.8, 4) is 5.75 Å². The lowest BCUT2D eigenvalue weighted by Gasteiger charge is -2.22. The minimum atomic E-state index is 0.431. The molecule has 0 aromatic heterocycles. The molecular weight excluding hydrogens is 186 g/mol. The molecule has 0 aliphatic heterocycles. The summed E-state index contributed by atoms with van der Waals surface area (Å²) < 4.78 is 5.15. The van der Waals surface area contributed by atoms with Crippen LogP contribution >= 0.6 is 0 Å². The van der Waals surface area contributed by atoms with E-state index in [2.05, 4.69) is 38.2 Å². The SMILES string of the molecule is CCNC(c1ccc(OC)cc1)C(C)C. The first-order chi connectivity index (χ1) is 7.19. The molecule has 0 saturated heterocycles. The fourth-order valence-corrected chi connectivity index (χ4v) is 1.77. The summed E-state index contributed by atoms with van der Waals surface area (Å²) in [4.78, 5) is 0. The first kappa shape index (κ1) is 12.1. The summed E-state index contributed by atoms with van der Waals surface area (Å²) in [7, 11) is 1.69. The largest absolute Gasteiger partial charge is 0.497 e. The van der Waals surface area contributed by atoms with Crippen LogP contribution in [0.15, 0.2) is 24.3 Å². The Kier molecular flexibility index (Phi) is 4.63. The standard InChI is InChI=1S/C13H21NO/c1-5-14-13(10(2)3)11-6-8-12(15-4)9-7-11/h6-10,13-14H,5H2,1-4H3. The van der Waals surface area contributed by atoms with E-state index in [1.54, 1.807) is 7.11 Å². The number of nitrogens with one attached hydrogen (secondary N) is 1. The van der Waals surface area contributed by atoms with E-state index in [9.17, 15) is 0 Å². The van der Waals surface area contributed by atoms with Crippen molar-refractivity contribution >= 4 is 0 Å². The molecule has 0 amide bonds. The quantitative estimate of drug-likeness (QED) is 0.801. The topological polar surface area (TPSA) is 21.3 Å². The Morgan fingerprint density at radius 3 is 2.20 bits per heavy atom. The van der Waals surface area contributed by atoms with Gasteiger partial charge in [-0.1, -0.05) is 32.9 Å². The van der Waals surface area contributed by atoms with E-state index in [4.69, 9.17) is 4.74 Å². The van der Waals surface area contributed by atoms with Crippen molar-refractivity contribution in [2.45, 2.75) is 26.8 Å². The predicted octanol–water partition coefficient (Wildman–Crippen LogP) is 3.00. The van der Waals surface area contributed by atoms with Gasteiger partial charge in [0, 0.05) is 6.04 Å². The fraction of sp³-hybridized carbons (Fsp3) is 0.538. The van der Waals surface area contributed by atoms with Gasteiger partial charge >= 0.3 is 0 Å². The van der Waals surface area contributed by atoms with Crippen molar-refractivity contribution in [3.63, 3.8) is 0 Å². The Morgan fingerprint density at radius 1 is 1.20 bits per heavy atom. The van der Waals surface area contributed by atoms with Gasteiger partial charge in [0.1, 0.15) is 5.75 Å². The zero-order valence-electron chi connectivity index (χ0n) is 10.1. The van der Waals surface area contributed by atoms with Gasteiger partial charge in [0.15, 0.2) is 0 Å². The van der Waals surface area contributed by atoms with Crippen LogP contribution in [0.3, 0.4) is 0 Å². The molecule has 0 radical (unpaired) electrons. The van der Waals surface area contributed by atoms with Gasteiger partial charge in [0.05, 0.1) is 7.11 Å². The van der Waals surface area contributed by atoms with Gasteiger partial charge in [0.2, 0.25) is 0 Å². The minimum Gasteiger partial charge on any atom is -0.497 e. The second-order valence-corrected chi connectivity index (χ2v) is 4.05. The lowest BCUT2D eigenvalue weighted by molar-refractivity contribution is 0.409. The predicted molar refractivity (Wildman–Crippen MR) is 64.2 cm³/mol. The van der Waals surface area contributed by atoms with Crippen molar-refractivity contribution in [1.82, 2.24) is 5.32 Å². The third kappa shape index (κ3) is 3.24. The highest BCUT2D eigenvalue weighted by molar-refractivity contribution is 5.29. The molecule has 0 spiro atoms. The molecular formula is C13H21NO. The molecule has 2 heteroatoms. The Morgan fingerprint density at radius 2 is 1.80 bits per heavy atom. The van der Waals surface area contributed by atoms with E-state index in [-0.39, 0.29) is 0 Å². The summed E-state index contributed by atoms with van der Waals surface area (Å²) >= 11 is 0. The van der Waals surface area contributed by atoms with E-state index in [0.717, 1.165) is 12.3 Å². The number of hydrogen-bond acceptors (Lipinski definition) is 2. The molecule has 0 fully saturated rings. The molecule has 1 N–H and O–H groups in total. The molecule has 0 saturated carbocycles. The van der Waals surface area contributed by atoms with Crippen LogP contribution in [-0.2, 0) is 0 Å². The fourth-order valence-electron chi connectivity index (χ4n) is 1.77. The number of hydrogen-bond donors (Lipinski definition) is 1. The van der Waals surface area contributed by atoms with Gasteiger partial charge in [-0.15, -0.1) is 0 Å². The summed E-state index contributed by atoms with van der Waals surface area (Å²) in [5.74, 6) is 1.51. The maximum absolute atomic E-state index is 5.15. The smallest absolute Gasteiger partial charge is 0.118 e. The van der Waals surface area contributed by atoms with E-state index >= 15 is 0 Å². The Bertz CT molecular complexity index is 279.